The summed E-state index contributed by atoms with van der Waals surface area (Å²) in [6.07, 6.45) is 10.5. The van der Waals surface area contributed by atoms with Crippen LogP contribution in [0.2, 0.25) is 0 Å². The Morgan fingerprint density at radius 3 is 3.08 bits per heavy atom. The van der Waals surface area contributed by atoms with Crippen molar-refractivity contribution in [1.82, 2.24) is 0 Å². The van der Waals surface area contributed by atoms with Gasteiger partial charge in [-0.3, -0.25) is 0 Å². The van der Waals surface area contributed by atoms with Crippen molar-refractivity contribution in [2.24, 2.45) is 5.92 Å². The van der Waals surface area contributed by atoms with E-state index < -0.39 is 0 Å². The second kappa shape index (κ2) is 5.98. The van der Waals surface area contributed by atoms with Crippen LogP contribution in [0, 0.1) is 5.92 Å². The summed E-state index contributed by atoms with van der Waals surface area (Å²) in [5.74, 6) is 0.557. The van der Waals surface area contributed by atoms with E-state index in [1.807, 2.05) is 0 Å². The van der Waals surface area contributed by atoms with Crippen molar-refractivity contribution in [3.8, 4) is 0 Å². The summed E-state index contributed by atoms with van der Waals surface area (Å²) in [7, 11) is 0. The summed E-state index contributed by atoms with van der Waals surface area (Å²) in [5.41, 5.74) is 1.48. The molecule has 1 rings (SSSR count). The van der Waals surface area contributed by atoms with E-state index in [2.05, 4.69) is 32.1 Å². The van der Waals surface area contributed by atoms with Crippen molar-refractivity contribution in [2.75, 3.05) is 13.2 Å². The van der Waals surface area contributed by atoms with Crippen LogP contribution in [0.1, 0.15) is 33.1 Å². The van der Waals surface area contributed by atoms with Crippen LogP contribution in [0.15, 0.2) is 23.8 Å². The maximum atomic E-state index is 5.43. The molecule has 0 aromatic rings. The second-order valence-corrected chi connectivity index (χ2v) is 3.57. The molecule has 1 fully saturated rings. The Labute approximate surface area is 81.5 Å². The van der Waals surface area contributed by atoms with Gasteiger partial charge in [0.15, 0.2) is 0 Å². The third-order valence-corrected chi connectivity index (χ3v) is 2.43. The summed E-state index contributed by atoms with van der Waals surface area (Å²) in [6.45, 7) is 6.02. The number of rotatable bonds is 4. The summed E-state index contributed by atoms with van der Waals surface area (Å²) in [5, 5.41) is 0. The first kappa shape index (κ1) is 10.5. The first-order valence-corrected chi connectivity index (χ1v) is 5.28. The average Bonchev–Trinajstić information content (AvgIpc) is 2.54. The molecule has 0 aromatic heterocycles. The maximum absolute atomic E-state index is 5.43. The van der Waals surface area contributed by atoms with Gasteiger partial charge in [0, 0.05) is 5.92 Å². The summed E-state index contributed by atoms with van der Waals surface area (Å²) >= 11 is 0. The van der Waals surface area contributed by atoms with Crippen LogP contribution in [0.3, 0.4) is 0 Å². The minimum atomic E-state index is 0.557. The van der Waals surface area contributed by atoms with E-state index in [1.54, 1.807) is 0 Å². The van der Waals surface area contributed by atoms with Crippen molar-refractivity contribution >= 4 is 0 Å². The van der Waals surface area contributed by atoms with Crippen molar-refractivity contribution in [1.29, 1.82) is 0 Å². The molecular formula is C12H20O. The van der Waals surface area contributed by atoms with Gasteiger partial charge in [0.1, 0.15) is 0 Å². The zero-order chi connectivity index (χ0) is 9.52. The molecule has 74 valence electrons. The zero-order valence-electron chi connectivity index (χ0n) is 8.75. The Morgan fingerprint density at radius 1 is 1.54 bits per heavy atom. The lowest BCUT2D eigenvalue weighted by molar-refractivity contribution is 0.195. The lowest BCUT2D eigenvalue weighted by Crippen LogP contribution is -1.97. The van der Waals surface area contributed by atoms with Gasteiger partial charge in [0.05, 0.1) is 13.2 Å². The fourth-order valence-electron chi connectivity index (χ4n) is 1.63. The highest BCUT2D eigenvalue weighted by Crippen LogP contribution is 2.21. The Morgan fingerprint density at radius 2 is 2.38 bits per heavy atom. The molecule has 13 heavy (non-hydrogen) atoms. The van der Waals surface area contributed by atoms with E-state index >= 15 is 0 Å². The molecular weight excluding hydrogens is 160 g/mol. The molecule has 0 aromatic carbocycles. The van der Waals surface area contributed by atoms with Gasteiger partial charge in [-0.1, -0.05) is 38.0 Å². The van der Waals surface area contributed by atoms with E-state index in [0.717, 1.165) is 13.2 Å². The highest BCUT2D eigenvalue weighted by molar-refractivity contribution is 5.17. The molecule has 0 bridgehead atoms. The van der Waals surface area contributed by atoms with E-state index in [-0.39, 0.29) is 0 Å². The highest BCUT2D eigenvalue weighted by Gasteiger charge is 2.17. The van der Waals surface area contributed by atoms with Gasteiger partial charge in [-0.2, -0.15) is 0 Å². The van der Waals surface area contributed by atoms with Gasteiger partial charge in [-0.25, -0.2) is 0 Å². The molecule has 0 N–H and O–H groups in total. The molecule has 1 atom stereocenters. The smallest absolute Gasteiger partial charge is 0.0683 e. The predicted molar refractivity (Wildman–Crippen MR) is 56.7 cm³/mol. The SMILES string of the molecule is C/C=C/[C@H]1COC/C1=C\CCCC. The molecule has 1 nitrogen and oxygen atoms in total. The van der Waals surface area contributed by atoms with E-state index in [1.165, 1.54) is 24.8 Å². The molecule has 1 heteroatoms. The number of allylic oxidation sites excluding steroid dienone is 2. The highest BCUT2D eigenvalue weighted by atomic mass is 16.5. The summed E-state index contributed by atoms with van der Waals surface area (Å²) in [4.78, 5) is 0. The van der Waals surface area contributed by atoms with Crippen LogP contribution >= 0.6 is 0 Å². The topological polar surface area (TPSA) is 9.23 Å². The van der Waals surface area contributed by atoms with Gasteiger partial charge in [0.2, 0.25) is 0 Å². The van der Waals surface area contributed by atoms with Gasteiger partial charge in [-0.05, 0) is 18.9 Å². The molecule has 0 aliphatic carbocycles. The lowest BCUT2D eigenvalue weighted by Gasteiger charge is -2.02. The summed E-state index contributed by atoms with van der Waals surface area (Å²) < 4.78 is 5.43. The van der Waals surface area contributed by atoms with Crippen LogP contribution in [0.5, 0.6) is 0 Å². The molecule has 1 heterocycles. The Bertz CT molecular complexity index is 191. The van der Waals surface area contributed by atoms with Crippen LogP contribution in [-0.4, -0.2) is 13.2 Å². The fraction of sp³-hybridized carbons (Fsp3) is 0.667. The van der Waals surface area contributed by atoms with Gasteiger partial charge in [0.25, 0.3) is 0 Å². The number of hydrogen-bond donors (Lipinski definition) is 0. The van der Waals surface area contributed by atoms with Gasteiger partial charge >= 0.3 is 0 Å². The molecule has 1 saturated heterocycles. The van der Waals surface area contributed by atoms with Crippen molar-refractivity contribution in [3.05, 3.63) is 23.8 Å². The first-order valence-electron chi connectivity index (χ1n) is 5.28. The maximum Gasteiger partial charge on any atom is 0.0683 e. The molecule has 0 radical (unpaired) electrons. The van der Waals surface area contributed by atoms with Crippen LogP contribution in [-0.2, 0) is 4.74 Å². The van der Waals surface area contributed by atoms with Crippen LogP contribution in [0.4, 0.5) is 0 Å². The van der Waals surface area contributed by atoms with Gasteiger partial charge in [-0.15, -0.1) is 0 Å². The molecule has 0 amide bonds. The lowest BCUT2D eigenvalue weighted by atomic mass is 10.0. The van der Waals surface area contributed by atoms with E-state index in [9.17, 15) is 0 Å². The predicted octanol–water partition coefficient (Wildman–Crippen LogP) is 3.33. The molecule has 0 unspecified atom stereocenters. The average molecular weight is 180 g/mol. The Hall–Kier alpha value is -0.560. The van der Waals surface area contributed by atoms with Crippen molar-refractivity contribution in [3.63, 3.8) is 0 Å². The van der Waals surface area contributed by atoms with Crippen molar-refractivity contribution < 1.29 is 4.74 Å². The summed E-state index contributed by atoms with van der Waals surface area (Å²) in [6, 6.07) is 0. The number of ether oxygens (including phenoxy) is 1. The molecule has 0 spiro atoms. The third-order valence-electron chi connectivity index (χ3n) is 2.43. The molecule has 1 aliphatic rings. The molecule has 0 saturated carbocycles. The molecule has 1 aliphatic heterocycles. The fourth-order valence-corrected chi connectivity index (χ4v) is 1.63. The third kappa shape index (κ3) is 3.35. The Balaban J connectivity index is 2.42. The monoisotopic (exact) mass is 180 g/mol. The van der Waals surface area contributed by atoms with E-state index in [0.29, 0.717) is 5.92 Å². The van der Waals surface area contributed by atoms with Crippen LogP contribution in [0.25, 0.3) is 0 Å². The van der Waals surface area contributed by atoms with Gasteiger partial charge < -0.3 is 4.74 Å². The van der Waals surface area contributed by atoms with Crippen LogP contribution < -0.4 is 0 Å². The zero-order valence-corrected chi connectivity index (χ0v) is 8.75. The Kier molecular flexibility index (Phi) is 4.84. The largest absolute Gasteiger partial charge is 0.376 e. The number of unbranched alkanes of at least 4 members (excludes halogenated alkanes) is 2. The first-order chi connectivity index (χ1) is 6.38. The normalized spacial score (nSPS) is 26.3. The van der Waals surface area contributed by atoms with Crippen molar-refractivity contribution in [2.45, 2.75) is 33.1 Å². The minimum Gasteiger partial charge on any atom is -0.376 e. The quantitative estimate of drug-likeness (QED) is 0.476. The minimum absolute atomic E-state index is 0.557. The number of hydrogen-bond acceptors (Lipinski definition) is 1. The standard InChI is InChI=1S/C12H20O/c1-3-5-6-8-12-10-13-9-11(12)7-4-2/h4,7-8,11H,3,5-6,9-10H2,1-2H3/b7-4+,12-8+/t11-/m0/s1. The second-order valence-electron chi connectivity index (χ2n) is 3.57. The van der Waals surface area contributed by atoms with E-state index in [4.69, 9.17) is 4.74 Å².